The lowest BCUT2D eigenvalue weighted by atomic mass is 9.95. The number of rotatable bonds is 6. The van der Waals surface area contributed by atoms with Crippen molar-refractivity contribution in [2.75, 3.05) is 37.7 Å². The van der Waals surface area contributed by atoms with Crippen LogP contribution in [0.2, 0.25) is 5.02 Å². The van der Waals surface area contributed by atoms with E-state index in [9.17, 15) is 17.6 Å². The highest BCUT2D eigenvalue weighted by Gasteiger charge is 2.49. The summed E-state index contributed by atoms with van der Waals surface area (Å²) in [7, 11) is 0. The standard InChI is InChI=1S/C22H21BrClF5N4O2/c1-10(25)12-8-34-19-14-18(17(29)15(23)16(19)24)30-21(31-20(14)33(12)7-13(27)28)35-9-22-3-2-4-32(22)6-11(26)5-22/h11-13H,1-9H2/t11-,12?,22+/m1/s1. The highest BCUT2D eigenvalue weighted by molar-refractivity contribution is 9.10. The van der Waals surface area contributed by atoms with Gasteiger partial charge in [0.1, 0.15) is 47.6 Å². The lowest BCUT2D eigenvalue weighted by Gasteiger charge is -2.31. The number of anilines is 1. The molecule has 4 heterocycles. The van der Waals surface area contributed by atoms with Gasteiger partial charge in [-0.1, -0.05) is 18.2 Å². The maximum atomic E-state index is 15.3. The molecule has 0 saturated carbocycles. The van der Waals surface area contributed by atoms with Crippen molar-refractivity contribution >= 4 is 44.3 Å². The lowest BCUT2D eigenvalue weighted by Crippen LogP contribution is -2.44. The van der Waals surface area contributed by atoms with Gasteiger partial charge in [0, 0.05) is 13.0 Å². The first-order chi connectivity index (χ1) is 16.6. The average molecular weight is 584 g/mol. The molecule has 1 aromatic heterocycles. The Morgan fingerprint density at radius 3 is 2.86 bits per heavy atom. The normalized spacial score (nSPS) is 26.2. The molecule has 0 N–H and O–H groups in total. The van der Waals surface area contributed by atoms with Crippen LogP contribution in [0.15, 0.2) is 16.9 Å². The van der Waals surface area contributed by atoms with Gasteiger partial charge in [0.25, 0.3) is 6.43 Å². The van der Waals surface area contributed by atoms with Crippen molar-refractivity contribution in [2.45, 2.75) is 43.4 Å². The van der Waals surface area contributed by atoms with Crippen molar-refractivity contribution in [1.29, 1.82) is 0 Å². The predicted molar refractivity (Wildman–Crippen MR) is 124 cm³/mol. The second-order valence-electron chi connectivity index (χ2n) is 9.01. The van der Waals surface area contributed by atoms with Crippen molar-refractivity contribution in [3.8, 4) is 11.8 Å². The number of ether oxygens (including phenoxy) is 2. The number of aromatic nitrogens is 2. The van der Waals surface area contributed by atoms with Crippen LogP contribution in [0.1, 0.15) is 19.3 Å². The van der Waals surface area contributed by atoms with E-state index < -0.39 is 49.0 Å². The third-order valence-corrected chi connectivity index (χ3v) is 8.18. The van der Waals surface area contributed by atoms with E-state index in [1.54, 1.807) is 0 Å². The van der Waals surface area contributed by atoms with E-state index in [0.29, 0.717) is 13.0 Å². The van der Waals surface area contributed by atoms with Crippen LogP contribution in [0.5, 0.6) is 11.8 Å². The van der Waals surface area contributed by atoms with Crippen molar-refractivity contribution < 1.29 is 31.4 Å². The Labute approximate surface area is 211 Å². The van der Waals surface area contributed by atoms with Gasteiger partial charge >= 0.3 is 6.01 Å². The Hall–Kier alpha value is -1.92. The topological polar surface area (TPSA) is 50.7 Å². The van der Waals surface area contributed by atoms with Gasteiger partial charge in [0.15, 0.2) is 11.6 Å². The number of hydrogen-bond donors (Lipinski definition) is 0. The molecule has 0 bridgehead atoms. The van der Waals surface area contributed by atoms with Crippen molar-refractivity contribution in [1.82, 2.24) is 14.9 Å². The zero-order valence-electron chi connectivity index (χ0n) is 18.3. The Morgan fingerprint density at radius 1 is 1.37 bits per heavy atom. The molecule has 2 aromatic rings. The van der Waals surface area contributed by atoms with Gasteiger partial charge < -0.3 is 14.4 Å². The minimum atomic E-state index is -2.88. The maximum absolute atomic E-state index is 15.3. The smallest absolute Gasteiger partial charge is 0.319 e. The van der Waals surface area contributed by atoms with Gasteiger partial charge in [0.05, 0.1) is 21.9 Å². The largest absolute Gasteiger partial charge is 0.489 e. The van der Waals surface area contributed by atoms with Crippen molar-refractivity contribution in [2.24, 2.45) is 0 Å². The van der Waals surface area contributed by atoms with Crippen molar-refractivity contribution in [3.63, 3.8) is 0 Å². The Bertz CT molecular complexity index is 1190. The van der Waals surface area contributed by atoms with E-state index in [1.807, 2.05) is 4.90 Å². The number of fused-ring (bicyclic) bond motifs is 1. The average Bonchev–Trinajstić information content (AvgIpc) is 3.26. The molecule has 190 valence electrons. The minimum absolute atomic E-state index is 0.0339. The van der Waals surface area contributed by atoms with Crippen LogP contribution in [0.3, 0.4) is 0 Å². The fourth-order valence-electron chi connectivity index (χ4n) is 5.28. The molecule has 0 aliphatic carbocycles. The van der Waals surface area contributed by atoms with Gasteiger partial charge in [-0.05, 0) is 35.3 Å². The van der Waals surface area contributed by atoms with E-state index >= 15 is 4.39 Å². The van der Waals surface area contributed by atoms with Crippen LogP contribution in [-0.2, 0) is 0 Å². The first kappa shape index (κ1) is 24.8. The summed E-state index contributed by atoms with van der Waals surface area (Å²) in [6, 6.07) is -1.65. The predicted octanol–water partition coefficient (Wildman–Crippen LogP) is 5.46. The molecule has 1 unspecified atom stereocenters. The Balaban J connectivity index is 1.63. The van der Waals surface area contributed by atoms with Crippen LogP contribution in [-0.4, -0.2) is 71.9 Å². The van der Waals surface area contributed by atoms with Crippen LogP contribution in [0, 0.1) is 5.82 Å². The van der Waals surface area contributed by atoms with Gasteiger partial charge in [-0.25, -0.2) is 22.0 Å². The summed E-state index contributed by atoms with van der Waals surface area (Å²) in [5.74, 6) is -2.11. The van der Waals surface area contributed by atoms with Gasteiger partial charge in [-0.3, -0.25) is 4.90 Å². The third-order valence-electron chi connectivity index (χ3n) is 6.85. The number of alkyl halides is 3. The molecule has 3 aliphatic heterocycles. The summed E-state index contributed by atoms with van der Waals surface area (Å²) in [6.45, 7) is 2.97. The molecule has 3 aliphatic rings. The zero-order valence-corrected chi connectivity index (χ0v) is 20.7. The summed E-state index contributed by atoms with van der Waals surface area (Å²) in [5, 5.41) is -0.256. The highest BCUT2D eigenvalue weighted by Crippen LogP contribution is 2.47. The quantitative estimate of drug-likeness (QED) is 0.333. The van der Waals surface area contributed by atoms with Gasteiger partial charge in [-0.2, -0.15) is 9.97 Å². The lowest BCUT2D eigenvalue weighted by molar-refractivity contribution is 0.107. The number of hydrogen-bond acceptors (Lipinski definition) is 6. The van der Waals surface area contributed by atoms with E-state index in [4.69, 9.17) is 21.1 Å². The minimum Gasteiger partial charge on any atom is -0.489 e. The fourth-order valence-corrected chi connectivity index (χ4v) is 5.88. The molecule has 6 nitrogen and oxygen atoms in total. The van der Waals surface area contributed by atoms with Crippen LogP contribution < -0.4 is 14.4 Å². The highest BCUT2D eigenvalue weighted by atomic mass is 79.9. The summed E-state index contributed by atoms with van der Waals surface area (Å²) < 4.78 is 82.2. The fraction of sp³-hybridized carbons (Fsp3) is 0.545. The molecular weight excluding hydrogens is 563 g/mol. The van der Waals surface area contributed by atoms with E-state index in [0.717, 1.165) is 17.9 Å². The van der Waals surface area contributed by atoms with Gasteiger partial charge in [0.2, 0.25) is 0 Å². The Morgan fingerprint density at radius 2 is 2.14 bits per heavy atom. The number of nitrogens with zero attached hydrogens (tertiary/aromatic N) is 4. The number of benzene rings is 1. The Kier molecular flexibility index (Phi) is 6.50. The molecule has 35 heavy (non-hydrogen) atoms. The molecule has 3 atom stereocenters. The van der Waals surface area contributed by atoms with Crippen LogP contribution in [0.25, 0.3) is 10.9 Å². The summed E-state index contributed by atoms with van der Waals surface area (Å²) in [4.78, 5) is 11.4. The summed E-state index contributed by atoms with van der Waals surface area (Å²) in [6.07, 6.45) is -2.00. The summed E-state index contributed by atoms with van der Waals surface area (Å²) in [5.41, 5.74) is -0.839. The molecule has 0 radical (unpaired) electrons. The van der Waals surface area contributed by atoms with Crippen molar-refractivity contribution in [3.05, 3.63) is 27.7 Å². The maximum Gasteiger partial charge on any atom is 0.319 e. The SMILES string of the molecule is C=C(F)C1COc2c(Cl)c(Br)c(F)c3nc(OC[C@@]45CCCN4C[C@H](F)C5)nc(c23)N1CC(F)F. The first-order valence-electron chi connectivity index (χ1n) is 11.0. The van der Waals surface area contributed by atoms with E-state index in [-0.39, 0.29) is 51.0 Å². The second-order valence-corrected chi connectivity index (χ2v) is 10.2. The van der Waals surface area contributed by atoms with Crippen LogP contribution >= 0.6 is 27.5 Å². The first-order valence-corrected chi connectivity index (χ1v) is 12.2. The molecule has 2 saturated heterocycles. The molecular formula is C22H21BrClF5N4O2. The third kappa shape index (κ3) is 4.21. The van der Waals surface area contributed by atoms with E-state index in [2.05, 4.69) is 32.5 Å². The molecule has 1 aromatic carbocycles. The molecule has 13 heteroatoms. The molecule has 5 rings (SSSR count). The second kappa shape index (κ2) is 9.19. The zero-order chi connectivity index (χ0) is 25.1. The molecule has 2 fully saturated rings. The monoisotopic (exact) mass is 582 g/mol. The van der Waals surface area contributed by atoms with Crippen LogP contribution in [0.4, 0.5) is 27.8 Å². The molecule has 0 spiro atoms. The van der Waals surface area contributed by atoms with E-state index in [1.165, 1.54) is 0 Å². The summed E-state index contributed by atoms with van der Waals surface area (Å²) >= 11 is 9.34. The molecule has 0 amide bonds. The number of halogens is 7. The van der Waals surface area contributed by atoms with Gasteiger partial charge in [-0.15, -0.1) is 0 Å².